The van der Waals surface area contributed by atoms with E-state index in [1.807, 2.05) is 0 Å². The summed E-state index contributed by atoms with van der Waals surface area (Å²) in [5.41, 5.74) is 0.365. The number of esters is 1. The Bertz CT molecular complexity index is 1250. The van der Waals surface area contributed by atoms with Crippen LogP contribution in [0.2, 0.25) is 0 Å². The second kappa shape index (κ2) is 24.5. The van der Waals surface area contributed by atoms with Crippen LogP contribution in [0, 0.1) is 0 Å². The monoisotopic (exact) mass is 880 g/mol. The van der Waals surface area contributed by atoms with Gasteiger partial charge in [-0.3, -0.25) is 0 Å². The molecule has 2 aromatic carbocycles. The minimum atomic E-state index is -1.57. The first-order valence-corrected chi connectivity index (χ1v) is 22.8. The lowest BCUT2D eigenvalue weighted by molar-refractivity contribution is -0.956. The van der Waals surface area contributed by atoms with E-state index in [0.29, 0.717) is 18.2 Å². The van der Waals surface area contributed by atoms with Gasteiger partial charge in [-0.15, -0.1) is 0 Å². The summed E-state index contributed by atoms with van der Waals surface area (Å²) in [4.78, 5) is 12.4. The van der Waals surface area contributed by atoms with Crippen molar-refractivity contribution in [1.82, 2.24) is 5.32 Å². The van der Waals surface area contributed by atoms with Gasteiger partial charge in [0, 0.05) is 35.9 Å². The molecule has 2 aromatic rings. The highest BCUT2D eigenvalue weighted by Gasteiger charge is 2.48. The van der Waals surface area contributed by atoms with E-state index in [0.717, 1.165) is 49.7 Å². The van der Waals surface area contributed by atoms with E-state index in [-0.39, 0.29) is 51.6 Å². The van der Waals surface area contributed by atoms with Crippen molar-refractivity contribution in [3.05, 3.63) is 72.8 Å². The van der Waals surface area contributed by atoms with Crippen LogP contribution < -0.4 is 49.9 Å². The maximum Gasteiger partial charge on any atom is 0.333 e. The van der Waals surface area contributed by atoms with Crippen molar-refractivity contribution in [3.63, 3.8) is 0 Å². The Labute approximate surface area is 347 Å². The average molecular weight is 883 g/mol. The second-order valence-electron chi connectivity index (χ2n) is 17.3. The standard InChI is InChI=1S/C45H75N2O3P.2BrH/c1-9-10-11-12-13-14-15-16-17-24-31-47(36-40(48)37-50-43(49)38(2)3,39-34-44(4,5)46-45(6,7)35-39)32-25-26-33-51(8,41-27-20-18-21-28-41)42-29-22-19-23-30-42;;/h18-23,27-30,39-40,46,48H,2,9-17,24-26,31-37H2,1,3-8H3;2*1H/q+2;;/p-2. The third-order valence-electron chi connectivity index (χ3n) is 11.3. The van der Waals surface area contributed by atoms with Crippen molar-refractivity contribution < 1.29 is 53.1 Å². The van der Waals surface area contributed by atoms with E-state index >= 15 is 0 Å². The Kier molecular flexibility index (Phi) is 23.1. The highest BCUT2D eigenvalue weighted by molar-refractivity contribution is 7.88. The maximum atomic E-state index is 12.4. The molecule has 3 rings (SSSR count). The van der Waals surface area contributed by atoms with E-state index in [1.54, 1.807) is 6.92 Å². The third-order valence-corrected chi connectivity index (χ3v) is 15.4. The van der Waals surface area contributed by atoms with Gasteiger partial charge in [0.15, 0.2) is 0 Å². The quantitative estimate of drug-likeness (QED) is 0.0558. The number of carbonyl (C=O) groups excluding carboxylic acids is 1. The van der Waals surface area contributed by atoms with E-state index in [2.05, 4.69) is 114 Å². The summed E-state index contributed by atoms with van der Waals surface area (Å²) in [7, 11) is -1.57. The van der Waals surface area contributed by atoms with Gasteiger partial charge >= 0.3 is 5.97 Å². The molecule has 0 aromatic heterocycles. The first-order chi connectivity index (χ1) is 24.2. The van der Waals surface area contributed by atoms with Crippen molar-refractivity contribution in [2.75, 3.05) is 39.1 Å². The first-order valence-electron chi connectivity index (χ1n) is 20.3. The molecule has 302 valence electrons. The molecule has 2 N–H and O–H groups in total. The number of benzene rings is 2. The lowest BCUT2D eigenvalue weighted by Crippen LogP contribution is -3.00. The number of hydrogen-bond acceptors (Lipinski definition) is 4. The molecule has 0 aliphatic carbocycles. The molecule has 1 heterocycles. The zero-order valence-corrected chi connectivity index (χ0v) is 38.6. The molecule has 1 fully saturated rings. The van der Waals surface area contributed by atoms with Crippen LogP contribution in [-0.4, -0.2) is 77.9 Å². The Hall–Kier alpha value is -1.08. The number of hydrogen-bond donors (Lipinski definition) is 2. The van der Waals surface area contributed by atoms with Crippen LogP contribution in [0.1, 0.15) is 131 Å². The molecule has 1 aliphatic heterocycles. The molecule has 0 saturated carbocycles. The van der Waals surface area contributed by atoms with Crippen LogP contribution in [0.4, 0.5) is 0 Å². The molecule has 0 radical (unpaired) electrons. The van der Waals surface area contributed by atoms with Gasteiger partial charge in [-0.2, -0.15) is 0 Å². The number of nitrogens with zero attached hydrogens (tertiary/aromatic N) is 1. The number of rotatable bonds is 24. The first kappa shape index (κ1) is 49.9. The molecule has 1 aliphatic rings. The highest BCUT2D eigenvalue weighted by atomic mass is 79.9. The van der Waals surface area contributed by atoms with Crippen molar-refractivity contribution in [2.45, 2.75) is 155 Å². The van der Waals surface area contributed by atoms with E-state index < -0.39 is 19.3 Å². The summed E-state index contributed by atoms with van der Waals surface area (Å²) in [6.07, 6.45) is 17.9. The lowest BCUT2D eigenvalue weighted by Gasteiger charge is -2.55. The summed E-state index contributed by atoms with van der Waals surface area (Å²) >= 11 is 0. The summed E-state index contributed by atoms with van der Waals surface area (Å²) < 4.78 is 6.44. The molecule has 2 unspecified atom stereocenters. The van der Waals surface area contributed by atoms with Crippen molar-refractivity contribution in [2.24, 2.45) is 0 Å². The lowest BCUT2D eigenvalue weighted by atomic mass is 9.77. The number of ether oxygens (including phenoxy) is 1. The molecule has 1 saturated heterocycles. The second-order valence-corrected chi connectivity index (χ2v) is 21.2. The molecule has 0 amide bonds. The van der Waals surface area contributed by atoms with Gasteiger partial charge < -0.3 is 53.6 Å². The van der Waals surface area contributed by atoms with Crippen LogP contribution in [0.15, 0.2) is 72.8 Å². The van der Waals surface area contributed by atoms with E-state index in [1.165, 1.54) is 74.6 Å². The molecule has 2 atom stereocenters. The zero-order valence-electron chi connectivity index (χ0n) is 34.5. The van der Waals surface area contributed by atoms with Crippen molar-refractivity contribution in [1.29, 1.82) is 0 Å². The van der Waals surface area contributed by atoms with Gasteiger partial charge in [0.1, 0.15) is 19.3 Å². The van der Waals surface area contributed by atoms with Gasteiger partial charge in [-0.05, 0) is 78.1 Å². The number of nitrogens with one attached hydrogen (secondary N) is 1. The van der Waals surface area contributed by atoms with Crippen LogP contribution in [-0.2, 0) is 9.53 Å². The Balaban J connectivity index is 0.00000702. The minimum absolute atomic E-state index is 0. The van der Waals surface area contributed by atoms with Crippen LogP contribution >= 0.6 is 7.26 Å². The van der Waals surface area contributed by atoms with Crippen molar-refractivity contribution >= 4 is 23.8 Å². The number of carbonyl (C=O) groups is 1. The number of halogens is 2. The number of aliphatic hydroxyl groups is 1. The van der Waals surface area contributed by atoms with E-state index in [9.17, 15) is 9.90 Å². The zero-order chi connectivity index (χ0) is 37.4. The Morgan fingerprint density at radius 1 is 0.811 bits per heavy atom. The van der Waals surface area contributed by atoms with Crippen LogP contribution in [0.25, 0.3) is 0 Å². The highest BCUT2D eigenvalue weighted by Crippen LogP contribution is 2.53. The van der Waals surface area contributed by atoms with Crippen molar-refractivity contribution in [3.8, 4) is 0 Å². The largest absolute Gasteiger partial charge is 1.00 e. The molecule has 53 heavy (non-hydrogen) atoms. The molecule has 5 nitrogen and oxygen atoms in total. The van der Waals surface area contributed by atoms with Gasteiger partial charge in [-0.25, -0.2) is 4.79 Å². The van der Waals surface area contributed by atoms with Gasteiger partial charge in [0.2, 0.25) is 0 Å². The molecular weight excluding hydrogens is 807 g/mol. The van der Waals surface area contributed by atoms with Crippen LogP contribution in [0.3, 0.4) is 0 Å². The molecule has 0 bridgehead atoms. The molecule has 8 heteroatoms. The number of aliphatic hydroxyl groups excluding tert-OH is 1. The fraction of sp³-hybridized carbons (Fsp3) is 0.667. The summed E-state index contributed by atoms with van der Waals surface area (Å²) in [6, 6.07) is 22.7. The molecular formula is C45H75Br2N2O3P. The number of piperidine rings is 1. The third kappa shape index (κ3) is 16.9. The predicted octanol–water partition coefficient (Wildman–Crippen LogP) is 3.60. The molecule has 0 spiro atoms. The van der Waals surface area contributed by atoms with E-state index in [4.69, 9.17) is 4.74 Å². The fourth-order valence-corrected chi connectivity index (χ4v) is 12.3. The van der Waals surface area contributed by atoms with Crippen LogP contribution in [0.5, 0.6) is 0 Å². The summed E-state index contributed by atoms with van der Waals surface area (Å²) in [6.45, 7) is 22.3. The average Bonchev–Trinajstić information content (AvgIpc) is 3.09. The maximum absolute atomic E-state index is 12.4. The number of quaternary nitrogens is 1. The van der Waals surface area contributed by atoms with Gasteiger partial charge in [0.25, 0.3) is 0 Å². The topological polar surface area (TPSA) is 58.6 Å². The summed E-state index contributed by atoms with van der Waals surface area (Å²) in [5.74, 6) is -0.420. The smallest absolute Gasteiger partial charge is 0.333 e. The number of unbranched alkanes of at least 4 members (excludes halogenated alkanes) is 10. The van der Waals surface area contributed by atoms with Gasteiger partial charge in [-0.1, -0.05) is 101 Å². The Morgan fingerprint density at radius 3 is 1.70 bits per heavy atom. The minimum Gasteiger partial charge on any atom is -1.00 e. The van der Waals surface area contributed by atoms with Gasteiger partial charge in [0.05, 0.1) is 49.8 Å². The predicted molar refractivity (Wildman–Crippen MR) is 222 cm³/mol. The summed E-state index contributed by atoms with van der Waals surface area (Å²) in [5, 5.41) is 18.5. The normalized spacial score (nSPS) is 17.1. The SMILES string of the molecule is C=C(C)C(=O)OCC(O)C[N+](CCCCCCCCCCCC)(CCCC[P+](C)(c1ccccc1)c1ccccc1)C1CC(C)(C)NC(C)(C)C1.[Br-].[Br-]. The fourth-order valence-electron chi connectivity index (χ4n) is 8.92. The Morgan fingerprint density at radius 2 is 1.25 bits per heavy atom.